The number of benzene rings is 1. The molecule has 0 saturated carbocycles. The predicted molar refractivity (Wildman–Crippen MR) is 56.3 cm³/mol. The van der Waals surface area contributed by atoms with Crippen LogP contribution in [0.15, 0.2) is 30.5 Å². The minimum atomic E-state index is 0.556. The Morgan fingerprint density at radius 2 is 2.15 bits per heavy atom. The summed E-state index contributed by atoms with van der Waals surface area (Å²) in [6, 6.07) is 7.94. The average molecular weight is 193 g/mol. The van der Waals surface area contributed by atoms with Crippen LogP contribution in [0, 0.1) is 0 Å². The summed E-state index contributed by atoms with van der Waals surface area (Å²) in [5.74, 6) is 0. The quantitative estimate of drug-likeness (QED) is 0.703. The second-order valence-electron chi connectivity index (χ2n) is 2.79. The number of nitrogens with zero attached hydrogens (tertiary/aromatic N) is 1. The molecule has 0 saturated heterocycles. The zero-order valence-corrected chi connectivity index (χ0v) is 7.97. The lowest BCUT2D eigenvalue weighted by Gasteiger charge is -2.02. The van der Waals surface area contributed by atoms with E-state index in [0.717, 1.165) is 16.5 Å². The number of halogens is 1. The second-order valence-corrected chi connectivity index (χ2v) is 3.15. The van der Waals surface area contributed by atoms with Gasteiger partial charge in [-0.15, -0.1) is 0 Å². The number of rotatable bonds is 1. The molecule has 1 heterocycles. The maximum absolute atomic E-state index is 5.92. The van der Waals surface area contributed by atoms with E-state index in [4.69, 9.17) is 11.6 Å². The van der Waals surface area contributed by atoms with Crippen molar-refractivity contribution >= 4 is 28.1 Å². The highest BCUT2D eigenvalue weighted by Gasteiger charge is 1.99. The first-order valence-electron chi connectivity index (χ1n) is 4.03. The van der Waals surface area contributed by atoms with Gasteiger partial charge in [0.25, 0.3) is 0 Å². The van der Waals surface area contributed by atoms with Gasteiger partial charge in [0.2, 0.25) is 0 Å². The molecule has 2 aromatic rings. The van der Waals surface area contributed by atoms with E-state index in [1.807, 2.05) is 31.3 Å². The third kappa shape index (κ3) is 1.45. The number of hydrogen-bond donors (Lipinski definition) is 1. The minimum absolute atomic E-state index is 0.556. The zero-order valence-electron chi connectivity index (χ0n) is 7.21. The van der Waals surface area contributed by atoms with Crippen LogP contribution < -0.4 is 5.32 Å². The first kappa shape index (κ1) is 8.32. The molecule has 13 heavy (non-hydrogen) atoms. The molecule has 0 aliphatic rings. The third-order valence-corrected chi connectivity index (χ3v) is 2.31. The molecule has 0 amide bonds. The summed E-state index contributed by atoms with van der Waals surface area (Å²) in [5.41, 5.74) is 1.08. The fourth-order valence-corrected chi connectivity index (χ4v) is 1.52. The summed E-state index contributed by atoms with van der Waals surface area (Å²) >= 11 is 5.92. The average Bonchev–Trinajstić information content (AvgIpc) is 2.18. The highest BCUT2D eigenvalue weighted by molar-refractivity contribution is 6.34. The number of anilines is 1. The molecule has 1 N–H and O–H groups in total. The van der Waals surface area contributed by atoms with Gasteiger partial charge in [-0.1, -0.05) is 11.6 Å². The molecule has 0 unspecified atom stereocenters. The van der Waals surface area contributed by atoms with Crippen LogP contribution in [-0.2, 0) is 0 Å². The topological polar surface area (TPSA) is 24.9 Å². The van der Waals surface area contributed by atoms with Crippen LogP contribution in [0.5, 0.6) is 0 Å². The van der Waals surface area contributed by atoms with Crippen molar-refractivity contribution in [3.63, 3.8) is 0 Å². The molecule has 0 aliphatic carbocycles. The molecule has 1 aromatic heterocycles. The standard InChI is InChI=1S/C10H9ClN2/c1-12-8-2-3-9-7(6-8)4-5-13-10(9)11/h2-6,12H,1H3. The molecule has 1 aromatic carbocycles. The lowest BCUT2D eigenvalue weighted by Crippen LogP contribution is -1.87. The van der Waals surface area contributed by atoms with Crippen molar-refractivity contribution in [2.45, 2.75) is 0 Å². The van der Waals surface area contributed by atoms with E-state index in [-0.39, 0.29) is 0 Å². The summed E-state index contributed by atoms with van der Waals surface area (Å²) in [6.07, 6.45) is 1.71. The van der Waals surface area contributed by atoms with Gasteiger partial charge in [0, 0.05) is 24.3 Å². The van der Waals surface area contributed by atoms with Crippen molar-refractivity contribution in [1.82, 2.24) is 4.98 Å². The Bertz CT molecular complexity index is 440. The Kier molecular flexibility index (Phi) is 2.07. The van der Waals surface area contributed by atoms with Crippen LogP contribution in [0.2, 0.25) is 5.15 Å². The van der Waals surface area contributed by atoms with Crippen molar-refractivity contribution in [2.75, 3.05) is 12.4 Å². The van der Waals surface area contributed by atoms with Gasteiger partial charge in [0.15, 0.2) is 0 Å². The van der Waals surface area contributed by atoms with E-state index in [1.54, 1.807) is 6.20 Å². The van der Waals surface area contributed by atoms with Gasteiger partial charge >= 0.3 is 0 Å². The van der Waals surface area contributed by atoms with Crippen molar-refractivity contribution in [1.29, 1.82) is 0 Å². The number of nitrogens with one attached hydrogen (secondary N) is 1. The molecule has 66 valence electrons. The van der Waals surface area contributed by atoms with Gasteiger partial charge in [-0.25, -0.2) is 4.98 Å². The van der Waals surface area contributed by atoms with E-state index in [2.05, 4.69) is 10.3 Å². The second kappa shape index (κ2) is 3.23. The van der Waals surface area contributed by atoms with Gasteiger partial charge < -0.3 is 5.32 Å². The molecule has 0 aliphatic heterocycles. The molecule has 0 fully saturated rings. The lowest BCUT2D eigenvalue weighted by atomic mass is 10.1. The smallest absolute Gasteiger partial charge is 0.136 e. The van der Waals surface area contributed by atoms with Gasteiger partial charge in [0.05, 0.1) is 0 Å². The predicted octanol–water partition coefficient (Wildman–Crippen LogP) is 2.93. The Morgan fingerprint density at radius 3 is 2.92 bits per heavy atom. The van der Waals surface area contributed by atoms with Crippen LogP contribution in [0.3, 0.4) is 0 Å². The summed E-state index contributed by atoms with van der Waals surface area (Å²) in [5, 5.41) is 5.72. The summed E-state index contributed by atoms with van der Waals surface area (Å²) in [7, 11) is 1.89. The van der Waals surface area contributed by atoms with E-state index in [9.17, 15) is 0 Å². The highest BCUT2D eigenvalue weighted by Crippen LogP contribution is 2.23. The molecule has 0 radical (unpaired) electrons. The molecular formula is C10H9ClN2. The van der Waals surface area contributed by atoms with Crippen LogP contribution in [-0.4, -0.2) is 12.0 Å². The van der Waals surface area contributed by atoms with Gasteiger partial charge in [-0.3, -0.25) is 0 Å². The maximum atomic E-state index is 5.92. The number of pyridine rings is 1. The van der Waals surface area contributed by atoms with E-state index in [0.29, 0.717) is 5.15 Å². The third-order valence-electron chi connectivity index (χ3n) is 2.00. The van der Waals surface area contributed by atoms with E-state index in [1.165, 1.54) is 0 Å². The highest BCUT2D eigenvalue weighted by atomic mass is 35.5. The lowest BCUT2D eigenvalue weighted by molar-refractivity contribution is 1.36. The maximum Gasteiger partial charge on any atom is 0.136 e. The Hall–Kier alpha value is -1.28. The zero-order chi connectivity index (χ0) is 9.26. The van der Waals surface area contributed by atoms with Crippen LogP contribution in [0.25, 0.3) is 10.8 Å². The Labute approximate surface area is 81.6 Å². The first-order chi connectivity index (χ1) is 6.31. The fourth-order valence-electron chi connectivity index (χ4n) is 1.30. The van der Waals surface area contributed by atoms with Crippen molar-refractivity contribution < 1.29 is 0 Å². The SMILES string of the molecule is CNc1ccc2c(Cl)nccc2c1. The van der Waals surface area contributed by atoms with Crippen LogP contribution in [0.1, 0.15) is 0 Å². The Morgan fingerprint density at radius 1 is 1.31 bits per heavy atom. The van der Waals surface area contributed by atoms with Crippen LogP contribution >= 0.6 is 11.6 Å². The van der Waals surface area contributed by atoms with Gasteiger partial charge in [-0.2, -0.15) is 0 Å². The fraction of sp³-hybridized carbons (Fsp3) is 0.100. The summed E-state index contributed by atoms with van der Waals surface area (Å²) < 4.78 is 0. The Balaban J connectivity index is 2.72. The first-order valence-corrected chi connectivity index (χ1v) is 4.41. The van der Waals surface area contributed by atoms with Crippen molar-refractivity contribution in [2.24, 2.45) is 0 Å². The number of hydrogen-bond acceptors (Lipinski definition) is 2. The summed E-state index contributed by atoms with van der Waals surface area (Å²) in [4.78, 5) is 4.01. The number of fused-ring (bicyclic) bond motifs is 1. The van der Waals surface area contributed by atoms with Gasteiger partial charge in [-0.05, 0) is 29.7 Å². The largest absolute Gasteiger partial charge is 0.388 e. The van der Waals surface area contributed by atoms with E-state index < -0.39 is 0 Å². The molecular weight excluding hydrogens is 184 g/mol. The molecule has 0 spiro atoms. The minimum Gasteiger partial charge on any atom is -0.388 e. The number of aromatic nitrogens is 1. The van der Waals surface area contributed by atoms with E-state index >= 15 is 0 Å². The van der Waals surface area contributed by atoms with Gasteiger partial charge in [0.1, 0.15) is 5.15 Å². The normalized spacial score (nSPS) is 10.3. The van der Waals surface area contributed by atoms with Crippen molar-refractivity contribution in [3.8, 4) is 0 Å². The molecule has 3 heteroatoms. The monoisotopic (exact) mass is 192 g/mol. The molecule has 2 nitrogen and oxygen atoms in total. The molecule has 0 bridgehead atoms. The summed E-state index contributed by atoms with van der Waals surface area (Å²) in [6.45, 7) is 0. The van der Waals surface area contributed by atoms with Crippen LogP contribution in [0.4, 0.5) is 5.69 Å². The van der Waals surface area contributed by atoms with Crippen molar-refractivity contribution in [3.05, 3.63) is 35.6 Å². The molecule has 2 rings (SSSR count). The molecule has 0 atom stereocenters.